The molecular formula is C33H28N4O4. The summed E-state index contributed by atoms with van der Waals surface area (Å²) in [5, 5.41) is 8.82. The number of likely N-dealkylation sites (tertiary alicyclic amines) is 1. The zero-order chi connectivity index (χ0) is 27.8. The van der Waals surface area contributed by atoms with Crippen LogP contribution in [0.4, 0.5) is 4.79 Å². The lowest BCUT2D eigenvalue weighted by atomic mass is 9.98. The van der Waals surface area contributed by atoms with Crippen LogP contribution in [0.15, 0.2) is 95.5 Å². The molecule has 4 aromatic carbocycles. The molecule has 2 heterocycles. The van der Waals surface area contributed by atoms with Crippen molar-refractivity contribution in [1.82, 2.24) is 20.4 Å². The van der Waals surface area contributed by atoms with Crippen molar-refractivity contribution in [3.05, 3.63) is 119 Å². The first-order valence-corrected chi connectivity index (χ1v) is 13.9. The van der Waals surface area contributed by atoms with Gasteiger partial charge in [-0.3, -0.25) is 9.69 Å². The number of rotatable bonds is 6. The van der Waals surface area contributed by atoms with Crippen LogP contribution in [0.25, 0.3) is 21.9 Å². The van der Waals surface area contributed by atoms with Gasteiger partial charge in [0.25, 0.3) is 5.91 Å². The first-order valence-electron chi connectivity index (χ1n) is 13.9. The van der Waals surface area contributed by atoms with Crippen molar-refractivity contribution in [1.29, 1.82) is 0 Å². The number of amides is 2. The molecule has 5 aromatic rings. The second kappa shape index (κ2) is 10.5. The Morgan fingerprint density at radius 3 is 2.41 bits per heavy atom. The Balaban J connectivity index is 1.00. The van der Waals surface area contributed by atoms with E-state index >= 15 is 0 Å². The Hall–Kier alpha value is -4.98. The van der Waals surface area contributed by atoms with Gasteiger partial charge in [0.1, 0.15) is 12.6 Å². The molecule has 1 fully saturated rings. The first-order chi connectivity index (χ1) is 20.2. The van der Waals surface area contributed by atoms with E-state index in [1.807, 2.05) is 60.7 Å². The molecule has 0 spiro atoms. The highest BCUT2D eigenvalue weighted by molar-refractivity contribution is 6.06. The van der Waals surface area contributed by atoms with E-state index in [1.165, 1.54) is 22.3 Å². The van der Waals surface area contributed by atoms with Gasteiger partial charge in [-0.25, -0.2) is 4.79 Å². The zero-order valence-corrected chi connectivity index (χ0v) is 22.3. The average molecular weight is 545 g/mol. The summed E-state index contributed by atoms with van der Waals surface area (Å²) in [5.41, 5.74) is 5.31. The van der Waals surface area contributed by atoms with Crippen molar-refractivity contribution < 1.29 is 18.8 Å². The van der Waals surface area contributed by atoms with Crippen molar-refractivity contribution in [2.24, 2.45) is 0 Å². The fraction of sp³-hybridized carbons (Fsp3) is 0.212. The molecule has 2 aliphatic rings. The maximum Gasteiger partial charge on any atom is 0.410 e. The van der Waals surface area contributed by atoms with E-state index in [-0.39, 0.29) is 31.0 Å². The lowest BCUT2D eigenvalue weighted by Crippen LogP contribution is -2.32. The van der Waals surface area contributed by atoms with E-state index in [0.717, 1.165) is 17.2 Å². The van der Waals surface area contributed by atoms with Gasteiger partial charge in [-0.1, -0.05) is 90.1 Å². The molecule has 41 heavy (non-hydrogen) atoms. The van der Waals surface area contributed by atoms with Crippen LogP contribution in [-0.2, 0) is 11.3 Å². The highest BCUT2D eigenvalue weighted by atomic mass is 16.6. The number of carbonyl (C=O) groups excluding carboxylic acids is 2. The molecule has 7 rings (SSSR count). The molecule has 0 radical (unpaired) electrons. The lowest BCUT2D eigenvalue weighted by Gasteiger charge is -2.23. The minimum absolute atomic E-state index is 0.00671. The Morgan fingerprint density at radius 2 is 1.61 bits per heavy atom. The topological polar surface area (TPSA) is 97.6 Å². The summed E-state index contributed by atoms with van der Waals surface area (Å²) in [6.07, 6.45) is 1.12. The molecule has 8 nitrogen and oxygen atoms in total. The SMILES string of the molecule is O=C(NCc1noc([C@@H]2CCCN2C(=O)OCC2c3ccccc3-c3ccccc32)n1)c1cccc2ccccc12. The summed E-state index contributed by atoms with van der Waals surface area (Å²) in [6.45, 7) is 0.922. The van der Waals surface area contributed by atoms with Crippen molar-refractivity contribution in [3.8, 4) is 11.1 Å². The molecular weight excluding hydrogens is 516 g/mol. The van der Waals surface area contributed by atoms with Crippen molar-refractivity contribution >= 4 is 22.8 Å². The first kappa shape index (κ1) is 25.0. The number of nitrogens with one attached hydrogen (secondary N) is 1. The van der Waals surface area contributed by atoms with Gasteiger partial charge >= 0.3 is 6.09 Å². The zero-order valence-electron chi connectivity index (χ0n) is 22.3. The van der Waals surface area contributed by atoms with Gasteiger partial charge in [-0.05, 0) is 51.9 Å². The summed E-state index contributed by atoms with van der Waals surface area (Å²) in [5.74, 6) is 0.487. The molecule has 0 saturated carbocycles. The molecule has 1 aliphatic carbocycles. The van der Waals surface area contributed by atoms with Crippen LogP contribution in [0.1, 0.15) is 58.0 Å². The minimum atomic E-state index is -0.390. The maximum atomic E-state index is 13.3. The Bertz CT molecular complexity index is 1710. The Kier molecular flexibility index (Phi) is 6.43. The van der Waals surface area contributed by atoms with E-state index in [4.69, 9.17) is 9.26 Å². The Labute approximate surface area is 236 Å². The number of carbonyl (C=O) groups is 2. The third kappa shape index (κ3) is 4.61. The number of hydrogen-bond donors (Lipinski definition) is 1. The fourth-order valence-corrected chi connectivity index (χ4v) is 6.07. The van der Waals surface area contributed by atoms with Gasteiger partial charge < -0.3 is 14.6 Å². The van der Waals surface area contributed by atoms with Crippen LogP contribution in [0.2, 0.25) is 0 Å². The smallest absolute Gasteiger partial charge is 0.410 e. The number of fused-ring (bicyclic) bond motifs is 4. The number of aromatic nitrogens is 2. The van der Waals surface area contributed by atoms with Crippen LogP contribution in [0.3, 0.4) is 0 Å². The van der Waals surface area contributed by atoms with Gasteiger partial charge in [0, 0.05) is 18.0 Å². The van der Waals surface area contributed by atoms with E-state index in [2.05, 4.69) is 39.7 Å². The summed E-state index contributed by atoms with van der Waals surface area (Å²) in [7, 11) is 0. The molecule has 8 heteroatoms. The fourth-order valence-electron chi connectivity index (χ4n) is 6.07. The second-order valence-electron chi connectivity index (χ2n) is 10.4. The molecule has 1 N–H and O–H groups in total. The predicted molar refractivity (Wildman–Crippen MR) is 153 cm³/mol. The molecule has 204 valence electrons. The van der Waals surface area contributed by atoms with E-state index in [1.54, 1.807) is 11.0 Å². The molecule has 1 aliphatic heterocycles. The van der Waals surface area contributed by atoms with Crippen LogP contribution in [-0.4, -0.2) is 40.2 Å². The maximum absolute atomic E-state index is 13.3. The molecule has 0 unspecified atom stereocenters. The van der Waals surface area contributed by atoms with Crippen LogP contribution < -0.4 is 5.32 Å². The minimum Gasteiger partial charge on any atom is -0.448 e. The summed E-state index contributed by atoms with van der Waals surface area (Å²) in [4.78, 5) is 32.3. The molecule has 1 atom stereocenters. The van der Waals surface area contributed by atoms with Crippen LogP contribution in [0.5, 0.6) is 0 Å². The number of nitrogens with zero attached hydrogens (tertiary/aromatic N) is 3. The summed E-state index contributed by atoms with van der Waals surface area (Å²) in [6, 6.07) is 29.6. The second-order valence-corrected chi connectivity index (χ2v) is 10.4. The molecule has 1 aromatic heterocycles. The summed E-state index contributed by atoms with van der Waals surface area (Å²) >= 11 is 0. The van der Waals surface area contributed by atoms with Crippen molar-refractivity contribution in [2.45, 2.75) is 31.3 Å². The monoisotopic (exact) mass is 544 g/mol. The standard InChI is InChI=1S/C33H28N4O4/c38-31(27-16-7-10-21-9-1-2-11-22(21)27)34-19-30-35-32(41-36-30)29-17-8-18-37(29)33(39)40-20-28-25-14-5-3-12-23(25)24-13-4-6-15-26(24)28/h1-7,9-16,28-29H,8,17-20H2,(H,34,38)/t29-/m0/s1. The lowest BCUT2D eigenvalue weighted by molar-refractivity contribution is 0.0898. The van der Waals surface area contributed by atoms with Gasteiger partial charge in [-0.15, -0.1) is 0 Å². The highest BCUT2D eigenvalue weighted by Gasteiger charge is 2.36. The largest absolute Gasteiger partial charge is 0.448 e. The third-order valence-electron chi connectivity index (χ3n) is 8.03. The van der Waals surface area contributed by atoms with Crippen molar-refractivity contribution in [2.75, 3.05) is 13.2 Å². The van der Waals surface area contributed by atoms with Gasteiger partial charge in [0.2, 0.25) is 5.89 Å². The molecule has 2 amide bonds. The summed E-state index contributed by atoms with van der Waals surface area (Å²) < 4.78 is 11.4. The Morgan fingerprint density at radius 1 is 0.902 bits per heavy atom. The van der Waals surface area contributed by atoms with Crippen molar-refractivity contribution in [3.63, 3.8) is 0 Å². The van der Waals surface area contributed by atoms with E-state index in [0.29, 0.717) is 30.2 Å². The van der Waals surface area contributed by atoms with Crippen LogP contribution >= 0.6 is 0 Å². The van der Waals surface area contributed by atoms with Gasteiger partial charge in [0.05, 0.1) is 6.54 Å². The van der Waals surface area contributed by atoms with Gasteiger partial charge in [0.15, 0.2) is 5.82 Å². The predicted octanol–water partition coefficient (Wildman–Crippen LogP) is 6.24. The molecule has 0 bridgehead atoms. The number of hydrogen-bond acceptors (Lipinski definition) is 6. The van der Waals surface area contributed by atoms with E-state index < -0.39 is 6.09 Å². The van der Waals surface area contributed by atoms with Gasteiger partial charge in [-0.2, -0.15) is 4.98 Å². The average Bonchev–Trinajstić information content (AvgIpc) is 3.76. The van der Waals surface area contributed by atoms with E-state index in [9.17, 15) is 9.59 Å². The normalized spacial score (nSPS) is 16.0. The number of ether oxygens (including phenoxy) is 1. The highest BCUT2D eigenvalue weighted by Crippen LogP contribution is 2.44. The third-order valence-corrected chi connectivity index (χ3v) is 8.03. The quantitative estimate of drug-likeness (QED) is 0.272. The van der Waals surface area contributed by atoms with Crippen LogP contribution in [0, 0.1) is 0 Å². The number of benzene rings is 4. The molecule has 1 saturated heterocycles.